The van der Waals surface area contributed by atoms with E-state index in [9.17, 15) is 0 Å². The molecule has 0 unspecified atom stereocenters. The molecule has 0 aliphatic heterocycles. The molecule has 0 saturated carbocycles. The molecule has 6 heteroatoms. The molecular formula is C8H6ClI2N3. The second kappa shape index (κ2) is 4.48. The van der Waals surface area contributed by atoms with Gasteiger partial charge in [-0.05, 0) is 22.6 Å². The summed E-state index contributed by atoms with van der Waals surface area (Å²) >= 11 is 10.4. The second-order valence-corrected chi connectivity index (χ2v) is 5.35. The number of rotatable bonds is 2. The summed E-state index contributed by atoms with van der Waals surface area (Å²) in [6.07, 6.45) is 3.64. The van der Waals surface area contributed by atoms with Crippen molar-refractivity contribution in [2.24, 2.45) is 0 Å². The Bertz CT molecular complexity index is 469. The van der Waals surface area contributed by atoms with Crippen molar-refractivity contribution in [3.05, 3.63) is 21.1 Å². The average molecular weight is 433 g/mol. The van der Waals surface area contributed by atoms with Gasteiger partial charge in [-0.2, -0.15) is 0 Å². The van der Waals surface area contributed by atoms with Crippen LogP contribution in [0.4, 0.5) is 0 Å². The van der Waals surface area contributed by atoms with E-state index in [0.29, 0.717) is 5.15 Å². The van der Waals surface area contributed by atoms with Crippen molar-refractivity contribution in [1.82, 2.24) is 14.5 Å². The van der Waals surface area contributed by atoms with Crippen molar-refractivity contribution in [3.8, 4) is 0 Å². The van der Waals surface area contributed by atoms with E-state index in [4.69, 9.17) is 11.6 Å². The summed E-state index contributed by atoms with van der Waals surface area (Å²) in [7, 11) is 0. The van der Waals surface area contributed by atoms with Gasteiger partial charge in [-0.15, -0.1) is 0 Å². The van der Waals surface area contributed by atoms with Crippen LogP contribution in [0, 0.1) is 3.57 Å². The molecule has 2 aromatic heterocycles. The van der Waals surface area contributed by atoms with E-state index in [1.54, 1.807) is 6.20 Å². The van der Waals surface area contributed by atoms with Crippen molar-refractivity contribution in [2.45, 2.75) is 6.54 Å². The summed E-state index contributed by atoms with van der Waals surface area (Å²) < 4.78 is 4.25. The van der Waals surface area contributed by atoms with Gasteiger partial charge in [0.1, 0.15) is 10.7 Å². The van der Waals surface area contributed by atoms with Gasteiger partial charge in [-0.25, -0.2) is 9.97 Å². The van der Waals surface area contributed by atoms with E-state index in [1.807, 2.05) is 0 Å². The highest BCUT2D eigenvalue weighted by atomic mass is 127. The molecule has 0 aliphatic carbocycles. The number of nitrogens with zero attached hydrogens (tertiary/aromatic N) is 3. The van der Waals surface area contributed by atoms with E-state index in [-0.39, 0.29) is 0 Å². The molecule has 0 atom stereocenters. The first-order valence-electron chi connectivity index (χ1n) is 3.95. The highest BCUT2D eigenvalue weighted by Crippen LogP contribution is 2.20. The molecule has 0 radical (unpaired) electrons. The van der Waals surface area contributed by atoms with Crippen LogP contribution in [0.25, 0.3) is 11.2 Å². The first-order valence-corrected chi connectivity index (χ1v) is 6.93. The van der Waals surface area contributed by atoms with Crippen LogP contribution >= 0.6 is 56.8 Å². The van der Waals surface area contributed by atoms with Crippen molar-refractivity contribution < 1.29 is 0 Å². The largest absolute Gasteiger partial charge is 0.329 e. The topological polar surface area (TPSA) is 30.7 Å². The number of alkyl halides is 1. The number of hydrogen-bond donors (Lipinski definition) is 0. The van der Waals surface area contributed by atoms with Gasteiger partial charge in [0, 0.05) is 17.2 Å². The zero-order valence-electron chi connectivity index (χ0n) is 7.04. The monoisotopic (exact) mass is 433 g/mol. The lowest BCUT2D eigenvalue weighted by molar-refractivity contribution is 0.804. The Morgan fingerprint density at radius 2 is 2.29 bits per heavy atom. The number of hydrogen-bond acceptors (Lipinski definition) is 2. The predicted molar refractivity (Wildman–Crippen MR) is 74.1 cm³/mol. The van der Waals surface area contributed by atoms with E-state index in [0.717, 1.165) is 25.7 Å². The third-order valence-electron chi connectivity index (χ3n) is 1.82. The highest BCUT2D eigenvalue weighted by Gasteiger charge is 2.08. The molecule has 0 fully saturated rings. The van der Waals surface area contributed by atoms with Gasteiger partial charge in [-0.3, -0.25) is 0 Å². The zero-order chi connectivity index (χ0) is 10.1. The van der Waals surface area contributed by atoms with Crippen LogP contribution in [0.15, 0.2) is 12.4 Å². The minimum Gasteiger partial charge on any atom is -0.329 e. The Hall–Kier alpha value is 0.370. The quantitative estimate of drug-likeness (QED) is 0.538. The summed E-state index contributed by atoms with van der Waals surface area (Å²) in [5.74, 6) is 0. The molecule has 0 bridgehead atoms. The van der Waals surface area contributed by atoms with Crippen LogP contribution in [-0.2, 0) is 6.54 Å². The van der Waals surface area contributed by atoms with Gasteiger partial charge < -0.3 is 4.57 Å². The molecule has 14 heavy (non-hydrogen) atoms. The Morgan fingerprint density at radius 3 is 3.00 bits per heavy atom. The molecule has 0 amide bonds. The van der Waals surface area contributed by atoms with Crippen molar-refractivity contribution >= 4 is 67.9 Å². The normalized spacial score (nSPS) is 11.1. The summed E-state index contributed by atoms with van der Waals surface area (Å²) in [5.41, 5.74) is 1.80. The molecule has 0 N–H and O–H groups in total. The molecule has 0 saturated heterocycles. The predicted octanol–water partition coefficient (Wildman–Crippen LogP) is 3.12. The smallest absolute Gasteiger partial charge is 0.161 e. The van der Waals surface area contributed by atoms with Crippen LogP contribution < -0.4 is 0 Å². The first kappa shape index (κ1) is 10.9. The lowest BCUT2D eigenvalue weighted by Crippen LogP contribution is -1.98. The SMILES string of the molecule is Clc1cnc2c(I)cn(CCI)c2n1. The molecule has 74 valence electrons. The fourth-order valence-electron chi connectivity index (χ4n) is 1.25. The molecule has 0 spiro atoms. The van der Waals surface area contributed by atoms with Gasteiger partial charge >= 0.3 is 0 Å². The maximum atomic E-state index is 5.81. The molecule has 2 aromatic rings. The first-order chi connectivity index (χ1) is 6.72. The van der Waals surface area contributed by atoms with E-state index >= 15 is 0 Å². The maximum Gasteiger partial charge on any atom is 0.161 e. The van der Waals surface area contributed by atoms with Crippen LogP contribution in [0.1, 0.15) is 0 Å². The second-order valence-electron chi connectivity index (χ2n) is 2.72. The summed E-state index contributed by atoms with van der Waals surface area (Å²) in [4.78, 5) is 8.53. The van der Waals surface area contributed by atoms with E-state index in [1.165, 1.54) is 0 Å². The summed E-state index contributed by atoms with van der Waals surface area (Å²) in [6, 6.07) is 0. The van der Waals surface area contributed by atoms with Gasteiger partial charge in [0.25, 0.3) is 0 Å². The van der Waals surface area contributed by atoms with E-state index < -0.39 is 0 Å². The number of aryl methyl sites for hydroxylation is 1. The van der Waals surface area contributed by atoms with Crippen LogP contribution in [0.3, 0.4) is 0 Å². The summed E-state index contributed by atoms with van der Waals surface area (Å²) in [6.45, 7) is 0.940. The molecule has 2 rings (SSSR count). The highest BCUT2D eigenvalue weighted by molar-refractivity contribution is 14.1. The average Bonchev–Trinajstić information content (AvgIpc) is 2.44. The molecular weight excluding hydrogens is 427 g/mol. The number of aromatic nitrogens is 3. The maximum absolute atomic E-state index is 5.81. The van der Waals surface area contributed by atoms with Crippen molar-refractivity contribution in [3.63, 3.8) is 0 Å². The van der Waals surface area contributed by atoms with Crippen LogP contribution in [0.2, 0.25) is 5.15 Å². The van der Waals surface area contributed by atoms with Crippen molar-refractivity contribution in [1.29, 1.82) is 0 Å². The third kappa shape index (κ3) is 1.99. The van der Waals surface area contributed by atoms with Crippen LogP contribution in [-0.4, -0.2) is 19.0 Å². The van der Waals surface area contributed by atoms with Gasteiger partial charge in [0.05, 0.1) is 9.77 Å². The Morgan fingerprint density at radius 1 is 1.50 bits per heavy atom. The van der Waals surface area contributed by atoms with Crippen LogP contribution in [0.5, 0.6) is 0 Å². The fraction of sp³-hybridized carbons (Fsp3) is 0.250. The number of fused-ring (bicyclic) bond motifs is 1. The number of halogens is 3. The van der Waals surface area contributed by atoms with Gasteiger partial charge in [-0.1, -0.05) is 34.2 Å². The summed E-state index contributed by atoms with van der Waals surface area (Å²) in [5, 5.41) is 0.446. The molecule has 3 nitrogen and oxygen atoms in total. The molecule has 2 heterocycles. The standard InChI is InChI=1S/C8H6ClI2N3/c9-6-3-12-7-5(11)4-14(2-1-10)8(7)13-6/h3-4H,1-2H2. The lowest BCUT2D eigenvalue weighted by atomic mass is 10.5. The van der Waals surface area contributed by atoms with Crippen molar-refractivity contribution in [2.75, 3.05) is 4.43 Å². The Kier molecular flexibility index (Phi) is 3.48. The fourth-order valence-corrected chi connectivity index (χ4v) is 2.61. The Labute approximate surface area is 114 Å². The zero-order valence-corrected chi connectivity index (χ0v) is 12.1. The minimum atomic E-state index is 0.446. The Balaban J connectivity index is 2.66. The third-order valence-corrected chi connectivity index (χ3v) is 3.27. The van der Waals surface area contributed by atoms with Gasteiger partial charge in [0.15, 0.2) is 5.65 Å². The molecule has 0 aliphatic rings. The van der Waals surface area contributed by atoms with Gasteiger partial charge in [0.2, 0.25) is 0 Å². The van der Waals surface area contributed by atoms with E-state index in [2.05, 4.69) is 65.9 Å². The lowest BCUT2D eigenvalue weighted by Gasteiger charge is -1.99. The molecule has 0 aromatic carbocycles. The minimum absolute atomic E-state index is 0.446.